The van der Waals surface area contributed by atoms with Crippen LogP contribution in [0.4, 0.5) is 13.2 Å². The number of hydrogen-bond donors (Lipinski definition) is 2. The van der Waals surface area contributed by atoms with E-state index in [1.54, 1.807) is 12.1 Å². The fraction of sp³-hybridized carbons (Fsp3) is 0.684. The van der Waals surface area contributed by atoms with E-state index in [0.29, 0.717) is 37.1 Å². The van der Waals surface area contributed by atoms with E-state index in [0.717, 1.165) is 32.7 Å². The van der Waals surface area contributed by atoms with Gasteiger partial charge in [0.2, 0.25) is 5.88 Å². The molecule has 1 unspecified atom stereocenters. The number of alkyl halides is 3. The van der Waals surface area contributed by atoms with Crippen LogP contribution in [-0.2, 0) is 16.0 Å². The van der Waals surface area contributed by atoms with E-state index >= 15 is 0 Å². The van der Waals surface area contributed by atoms with Crippen LogP contribution in [0.2, 0.25) is 0 Å². The summed E-state index contributed by atoms with van der Waals surface area (Å²) in [7, 11) is 0. The molecule has 1 aliphatic rings. The van der Waals surface area contributed by atoms with Crippen molar-refractivity contribution in [2.24, 2.45) is 10.9 Å². The zero-order valence-electron chi connectivity index (χ0n) is 16.6. The number of nitrogens with one attached hydrogen (secondary N) is 2. The maximum absolute atomic E-state index is 12.4. The first-order valence-electron chi connectivity index (χ1n) is 9.79. The standard InChI is InChI=1S/C19H29F3N4O3/c1-2-23-18(25-8-4-9-27-12-15-6-10-28-13-15)26-11-16-5-3-7-24-17(16)29-14-19(20,21)22/h3,5,7,15H,2,4,6,8-14H2,1H3,(H2,23,25,26). The lowest BCUT2D eigenvalue weighted by Crippen LogP contribution is -2.38. The molecule has 0 saturated carbocycles. The number of halogens is 3. The van der Waals surface area contributed by atoms with Crippen LogP contribution >= 0.6 is 0 Å². The van der Waals surface area contributed by atoms with Gasteiger partial charge in [-0.15, -0.1) is 0 Å². The number of nitrogens with zero attached hydrogens (tertiary/aromatic N) is 2. The van der Waals surface area contributed by atoms with E-state index in [1.165, 1.54) is 6.20 Å². The minimum Gasteiger partial charge on any atom is -0.468 e. The van der Waals surface area contributed by atoms with Gasteiger partial charge in [0.1, 0.15) is 0 Å². The molecule has 10 heteroatoms. The highest BCUT2D eigenvalue weighted by atomic mass is 19.4. The summed E-state index contributed by atoms with van der Waals surface area (Å²) in [5.41, 5.74) is 0.482. The summed E-state index contributed by atoms with van der Waals surface area (Å²) >= 11 is 0. The third-order valence-electron chi connectivity index (χ3n) is 4.11. The Labute approximate surface area is 169 Å². The Morgan fingerprint density at radius 3 is 2.97 bits per heavy atom. The molecular formula is C19H29F3N4O3. The molecular weight excluding hydrogens is 389 g/mol. The SMILES string of the molecule is CCNC(=NCc1cccnc1OCC(F)(F)F)NCCCOCC1CCOC1. The molecule has 2 rings (SSSR count). The zero-order valence-corrected chi connectivity index (χ0v) is 16.6. The molecule has 0 radical (unpaired) electrons. The van der Waals surface area contributed by atoms with Crippen molar-refractivity contribution in [1.29, 1.82) is 0 Å². The quantitative estimate of drug-likeness (QED) is 0.327. The molecule has 1 aromatic heterocycles. The second-order valence-electron chi connectivity index (χ2n) is 6.65. The smallest absolute Gasteiger partial charge is 0.422 e. The number of hydrogen-bond acceptors (Lipinski definition) is 5. The van der Waals surface area contributed by atoms with Gasteiger partial charge in [0.25, 0.3) is 0 Å². The van der Waals surface area contributed by atoms with Crippen molar-refractivity contribution in [3.8, 4) is 5.88 Å². The number of ether oxygens (including phenoxy) is 3. The summed E-state index contributed by atoms with van der Waals surface area (Å²) in [5.74, 6) is 1.01. The molecule has 1 atom stereocenters. The van der Waals surface area contributed by atoms with Crippen molar-refractivity contribution < 1.29 is 27.4 Å². The molecule has 0 spiro atoms. The van der Waals surface area contributed by atoms with Crippen LogP contribution in [0.15, 0.2) is 23.3 Å². The van der Waals surface area contributed by atoms with Crippen molar-refractivity contribution in [2.75, 3.05) is 46.1 Å². The van der Waals surface area contributed by atoms with E-state index < -0.39 is 12.8 Å². The maximum atomic E-state index is 12.4. The molecule has 2 heterocycles. The Bertz CT molecular complexity index is 623. The summed E-state index contributed by atoms with van der Waals surface area (Å²) in [6.07, 6.45) is -1.16. The van der Waals surface area contributed by atoms with Gasteiger partial charge in [-0.2, -0.15) is 13.2 Å². The van der Waals surface area contributed by atoms with Gasteiger partial charge in [-0.1, -0.05) is 6.07 Å². The van der Waals surface area contributed by atoms with Crippen molar-refractivity contribution in [1.82, 2.24) is 15.6 Å². The van der Waals surface area contributed by atoms with E-state index in [9.17, 15) is 13.2 Å². The van der Waals surface area contributed by atoms with Crippen LogP contribution in [0.1, 0.15) is 25.3 Å². The summed E-state index contributed by atoms with van der Waals surface area (Å²) in [6.45, 7) is 4.98. The predicted octanol–water partition coefficient (Wildman–Crippen LogP) is 2.52. The summed E-state index contributed by atoms with van der Waals surface area (Å²) in [4.78, 5) is 8.28. The molecule has 29 heavy (non-hydrogen) atoms. The lowest BCUT2D eigenvalue weighted by atomic mass is 10.1. The second kappa shape index (κ2) is 12.5. The lowest BCUT2D eigenvalue weighted by Gasteiger charge is -2.13. The van der Waals surface area contributed by atoms with Crippen LogP contribution < -0.4 is 15.4 Å². The van der Waals surface area contributed by atoms with Gasteiger partial charge >= 0.3 is 6.18 Å². The molecule has 1 fully saturated rings. The summed E-state index contributed by atoms with van der Waals surface area (Å²) in [5, 5.41) is 6.29. The highest BCUT2D eigenvalue weighted by Crippen LogP contribution is 2.20. The van der Waals surface area contributed by atoms with Gasteiger partial charge in [-0.3, -0.25) is 0 Å². The minimum atomic E-state index is -4.42. The zero-order chi connectivity index (χ0) is 21.0. The number of aliphatic imine (C=N–C) groups is 1. The number of pyridine rings is 1. The average molecular weight is 418 g/mol. The first kappa shape index (κ1) is 23.2. The van der Waals surface area contributed by atoms with Crippen molar-refractivity contribution in [2.45, 2.75) is 32.5 Å². The lowest BCUT2D eigenvalue weighted by molar-refractivity contribution is -0.154. The number of guanidine groups is 1. The Hall–Kier alpha value is -2.07. The van der Waals surface area contributed by atoms with E-state index in [2.05, 4.69) is 20.6 Å². The van der Waals surface area contributed by atoms with Crippen LogP contribution in [0.3, 0.4) is 0 Å². The van der Waals surface area contributed by atoms with E-state index in [-0.39, 0.29) is 12.4 Å². The molecule has 0 amide bonds. The molecule has 0 aromatic carbocycles. The van der Waals surface area contributed by atoms with Gasteiger partial charge < -0.3 is 24.8 Å². The Kier molecular flexibility index (Phi) is 9.99. The minimum absolute atomic E-state index is 0.0614. The number of rotatable bonds is 11. The van der Waals surface area contributed by atoms with Crippen LogP contribution in [-0.4, -0.2) is 63.2 Å². The van der Waals surface area contributed by atoms with Gasteiger partial charge in [0, 0.05) is 44.0 Å². The van der Waals surface area contributed by atoms with Gasteiger partial charge in [0.05, 0.1) is 19.8 Å². The highest BCUT2D eigenvalue weighted by molar-refractivity contribution is 5.79. The van der Waals surface area contributed by atoms with Gasteiger partial charge in [-0.05, 0) is 25.8 Å². The topological polar surface area (TPSA) is 77.0 Å². The normalized spacial score (nSPS) is 17.4. The molecule has 1 saturated heterocycles. The maximum Gasteiger partial charge on any atom is 0.422 e. The molecule has 2 N–H and O–H groups in total. The molecule has 7 nitrogen and oxygen atoms in total. The van der Waals surface area contributed by atoms with Crippen LogP contribution in [0, 0.1) is 5.92 Å². The molecule has 0 aliphatic carbocycles. The molecule has 1 aliphatic heterocycles. The third kappa shape index (κ3) is 9.80. The van der Waals surface area contributed by atoms with E-state index in [4.69, 9.17) is 14.2 Å². The van der Waals surface area contributed by atoms with Crippen LogP contribution in [0.5, 0.6) is 5.88 Å². The first-order valence-corrected chi connectivity index (χ1v) is 9.79. The van der Waals surface area contributed by atoms with Crippen molar-refractivity contribution in [3.05, 3.63) is 23.9 Å². The molecule has 0 bridgehead atoms. The highest BCUT2D eigenvalue weighted by Gasteiger charge is 2.29. The Morgan fingerprint density at radius 1 is 1.38 bits per heavy atom. The molecule has 1 aromatic rings. The van der Waals surface area contributed by atoms with E-state index in [1.807, 2.05) is 6.92 Å². The monoisotopic (exact) mass is 418 g/mol. The Balaban J connectivity index is 1.76. The summed E-state index contributed by atoms with van der Waals surface area (Å²) < 4.78 is 52.9. The molecule has 164 valence electrons. The predicted molar refractivity (Wildman–Crippen MR) is 103 cm³/mol. The second-order valence-corrected chi connectivity index (χ2v) is 6.65. The fourth-order valence-electron chi connectivity index (χ4n) is 2.68. The Morgan fingerprint density at radius 2 is 2.24 bits per heavy atom. The first-order chi connectivity index (χ1) is 14.0. The average Bonchev–Trinajstić information content (AvgIpc) is 3.20. The van der Waals surface area contributed by atoms with Gasteiger partial charge in [0.15, 0.2) is 12.6 Å². The van der Waals surface area contributed by atoms with Crippen LogP contribution in [0.25, 0.3) is 0 Å². The number of aromatic nitrogens is 1. The van der Waals surface area contributed by atoms with Crippen molar-refractivity contribution >= 4 is 5.96 Å². The summed E-state index contributed by atoms with van der Waals surface area (Å²) in [6, 6.07) is 3.28. The van der Waals surface area contributed by atoms with Crippen molar-refractivity contribution in [3.63, 3.8) is 0 Å². The largest absolute Gasteiger partial charge is 0.468 e. The fourth-order valence-corrected chi connectivity index (χ4v) is 2.68. The third-order valence-corrected chi connectivity index (χ3v) is 4.11. The van der Waals surface area contributed by atoms with Gasteiger partial charge in [-0.25, -0.2) is 9.98 Å².